The first-order chi connectivity index (χ1) is 21.6. The van der Waals surface area contributed by atoms with Crippen LogP contribution in [0.1, 0.15) is 108 Å². The van der Waals surface area contributed by atoms with Crippen LogP contribution in [0.4, 0.5) is 14.4 Å². The first-order valence-corrected chi connectivity index (χ1v) is 16.3. The molecule has 0 aromatic carbocycles. The average Bonchev–Trinajstić information content (AvgIpc) is 2.88. The van der Waals surface area contributed by atoms with E-state index in [4.69, 9.17) is 18.9 Å². The maximum Gasteiger partial charge on any atom is 0.408 e. The number of esters is 1. The van der Waals surface area contributed by atoms with Gasteiger partial charge in [0.2, 0.25) is 11.8 Å². The van der Waals surface area contributed by atoms with Crippen molar-refractivity contribution in [1.82, 2.24) is 26.2 Å². The zero-order valence-electron chi connectivity index (χ0n) is 30.1. The Balaban J connectivity index is 5.40. The van der Waals surface area contributed by atoms with Gasteiger partial charge in [-0.3, -0.25) is 14.4 Å². The number of ether oxygens (including phenoxy) is 4. The predicted molar refractivity (Wildman–Crippen MR) is 176 cm³/mol. The Morgan fingerprint density at radius 1 is 0.617 bits per heavy atom. The molecule has 0 fully saturated rings. The Hall–Kier alpha value is -3.78. The summed E-state index contributed by atoms with van der Waals surface area (Å²) in [6, 6.07) is -1.07. The van der Waals surface area contributed by atoms with Gasteiger partial charge in [-0.1, -0.05) is 6.42 Å². The molecule has 1 atom stereocenters. The van der Waals surface area contributed by atoms with E-state index in [0.717, 1.165) is 0 Å². The summed E-state index contributed by atoms with van der Waals surface area (Å²) in [6.45, 7) is 18.2. The van der Waals surface area contributed by atoms with E-state index in [1.807, 2.05) is 0 Å². The third-order valence-corrected chi connectivity index (χ3v) is 5.77. The van der Waals surface area contributed by atoms with Crippen LogP contribution < -0.4 is 21.3 Å². The molecule has 47 heavy (non-hydrogen) atoms. The lowest BCUT2D eigenvalue weighted by Gasteiger charge is -2.26. The molecule has 0 saturated carbocycles. The first kappa shape index (κ1) is 43.2. The molecule has 0 aliphatic heterocycles. The largest absolute Gasteiger partial charge is 0.466 e. The van der Waals surface area contributed by atoms with Crippen LogP contribution in [0.15, 0.2) is 0 Å². The molecule has 0 heterocycles. The minimum atomic E-state index is -1.07. The number of amides is 5. The minimum Gasteiger partial charge on any atom is -0.466 e. The van der Waals surface area contributed by atoms with E-state index in [-0.39, 0.29) is 50.9 Å². The van der Waals surface area contributed by atoms with E-state index in [1.165, 1.54) is 4.90 Å². The molecule has 0 bridgehead atoms. The molecule has 0 spiro atoms. The van der Waals surface area contributed by atoms with Gasteiger partial charge in [-0.15, -0.1) is 0 Å². The van der Waals surface area contributed by atoms with Crippen LogP contribution >= 0.6 is 0 Å². The van der Waals surface area contributed by atoms with E-state index in [0.29, 0.717) is 38.8 Å². The summed E-state index contributed by atoms with van der Waals surface area (Å²) >= 11 is 0. The average molecular weight is 674 g/mol. The minimum absolute atomic E-state index is 0.0394. The van der Waals surface area contributed by atoms with Crippen molar-refractivity contribution in [2.45, 2.75) is 131 Å². The van der Waals surface area contributed by atoms with Gasteiger partial charge in [-0.05, 0) is 88.5 Å². The topological polar surface area (TPSA) is 191 Å². The third kappa shape index (κ3) is 25.0. The molecule has 0 aliphatic rings. The standard InChI is InChI=1S/C32H59N5O10/c1-11-44-25(39)15-13-12-14-18-33-26(40)23(36-29(43)47-32(8,9)10)16-17-24(38)37(21-19-34-27(41)45-30(2,3)4)22-20-35-28(42)46-31(5,6)7/h23H,11-22H2,1-10H3,(H,33,40)(H,34,41)(H,35,42)(H,36,43)/t23-/m0/s1. The first-order valence-electron chi connectivity index (χ1n) is 16.3. The lowest BCUT2D eigenvalue weighted by molar-refractivity contribution is -0.143. The highest BCUT2D eigenvalue weighted by Crippen LogP contribution is 2.10. The van der Waals surface area contributed by atoms with Crippen molar-refractivity contribution in [3.8, 4) is 0 Å². The molecule has 0 aromatic rings. The highest BCUT2D eigenvalue weighted by Gasteiger charge is 2.26. The van der Waals surface area contributed by atoms with Gasteiger partial charge < -0.3 is 45.1 Å². The number of unbranched alkanes of at least 4 members (excludes halogenated alkanes) is 2. The second-order valence-corrected chi connectivity index (χ2v) is 13.9. The summed E-state index contributed by atoms with van der Waals surface area (Å²) in [5.41, 5.74) is -2.20. The molecule has 0 unspecified atom stereocenters. The lowest BCUT2D eigenvalue weighted by Crippen LogP contribution is -2.49. The summed E-state index contributed by atoms with van der Waals surface area (Å²) in [6.07, 6.45) is -0.0632. The maximum atomic E-state index is 13.4. The molecule has 15 heteroatoms. The number of nitrogens with one attached hydrogen (secondary N) is 4. The molecule has 272 valence electrons. The van der Waals surface area contributed by atoms with E-state index in [1.54, 1.807) is 69.2 Å². The number of hydrogen-bond acceptors (Lipinski definition) is 10. The zero-order chi connectivity index (χ0) is 36.3. The fourth-order valence-corrected chi connectivity index (χ4v) is 3.86. The van der Waals surface area contributed by atoms with Crippen LogP contribution in [0.3, 0.4) is 0 Å². The second-order valence-electron chi connectivity index (χ2n) is 13.9. The predicted octanol–water partition coefficient (Wildman–Crippen LogP) is 3.78. The van der Waals surface area contributed by atoms with Crippen molar-refractivity contribution in [3.63, 3.8) is 0 Å². The number of nitrogens with zero attached hydrogens (tertiary/aromatic N) is 1. The van der Waals surface area contributed by atoms with Crippen LogP contribution in [0.25, 0.3) is 0 Å². The molecular formula is C32H59N5O10. The van der Waals surface area contributed by atoms with Crippen molar-refractivity contribution in [1.29, 1.82) is 0 Å². The Morgan fingerprint density at radius 3 is 1.57 bits per heavy atom. The molecule has 4 N–H and O–H groups in total. The summed E-state index contributed by atoms with van der Waals surface area (Å²) < 4.78 is 20.7. The molecule has 5 amide bonds. The maximum absolute atomic E-state index is 13.4. The number of carbonyl (C=O) groups excluding carboxylic acids is 6. The number of alkyl carbamates (subject to hydrolysis) is 3. The summed E-state index contributed by atoms with van der Waals surface area (Å²) in [5, 5.41) is 10.5. The van der Waals surface area contributed by atoms with Crippen LogP contribution in [0.2, 0.25) is 0 Å². The van der Waals surface area contributed by atoms with E-state index in [9.17, 15) is 28.8 Å². The Labute approximate surface area is 279 Å². The van der Waals surface area contributed by atoms with Gasteiger partial charge in [0.05, 0.1) is 6.61 Å². The Kier molecular flexibility index (Phi) is 19.5. The fraction of sp³-hybridized carbons (Fsp3) is 0.812. The zero-order valence-corrected chi connectivity index (χ0v) is 30.1. The van der Waals surface area contributed by atoms with Crippen molar-refractivity contribution >= 4 is 36.1 Å². The highest BCUT2D eigenvalue weighted by molar-refractivity contribution is 5.86. The quantitative estimate of drug-likeness (QED) is 0.0946. The van der Waals surface area contributed by atoms with Gasteiger partial charge in [-0.2, -0.15) is 0 Å². The Bertz CT molecular complexity index is 981. The summed E-state index contributed by atoms with van der Waals surface area (Å²) in [5.74, 6) is -1.12. The molecule has 0 aromatic heterocycles. The van der Waals surface area contributed by atoms with Crippen LogP contribution in [-0.2, 0) is 33.3 Å². The van der Waals surface area contributed by atoms with Gasteiger partial charge in [0.1, 0.15) is 22.8 Å². The van der Waals surface area contributed by atoms with Gasteiger partial charge in [0.25, 0.3) is 0 Å². The molecule has 0 rings (SSSR count). The van der Waals surface area contributed by atoms with Gasteiger partial charge in [0, 0.05) is 45.6 Å². The van der Waals surface area contributed by atoms with Crippen LogP contribution in [-0.4, -0.2) is 103 Å². The second kappa shape index (κ2) is 21.2. The number of rotatable bonds is 18. The van der Waals surface area contributed by atoms with Crippen molar-refractivity contribution in [2.24, 2.45) is 0 Å². The number of hydrogen-bond donors (Lipinski definition) is 4. The number of carbonyl (C=O) groups is 6. The fourth-order valence-electron chi connectivity index (χ4n) is 3.86. The van der Waals surface area contributed by atoms with Gasteiger partial charge in [0.15, 0.2) is 0 Å². The summed E-state index contributed by atoms with van der Waals surface area (Å²) in [7, 11) is 0. The normalized spacial score (nSPS) is 12.2. The smallest absolute Gasteiger partial charge is 0.408 e. The molecule has 0 saturated heterocycles. The van der Waals surface area contributed by atoms with Crippen molar-refractivity contribution in [3.05, 3.63) is 0 Å². The van der Waals surface area contributed by atoms with Gasteiger partial charge >= 0.3 is 24.2 Å². The monoisotopic (exact) mass is 673 g/mol. The Morgan fingerprint density at radius 2 is 1.11 bits per heavy atom. The van der Waals surface area contributed by atoms with E-state index >= 15 is 0 Å². The van der Waals surface area contributed by atoms with E-state index in [2.05, 4.69) is 21.3 Å². The van der Waals surface area contributed by atoms with Crippen LogP contribution in [0.5, 0.6) is 0 Å². The third-order valence-electron chi connectivity index (χ3n) is 5.77. The SMILES string of the molecule is CCOC(=O)CCCCCNC(=O)[C@H](CCC(=O)N(CCNC(=O)OC(C)(C)C)CCNC(=O)OC(C)(C)C)NC(=O)OC(C)(C)C. The molecule has 15 nitrogen and oxygen atoms in total. The van der Waals surface area contributed by atoms with Gasteiger partial charge in [-0.25, -0.2) is 14.4 Å². The molecular weight excluding hydrogens is 614 g/mol. The highest BCUT2D eigenvalue weighted by atomic mass is 16.6. The van der Waals surface area contributed by atoms with Crippen molar-refractivity contribution in [2.75, 3.05) is 39.3 Å². The van der Waals surface area contributed by atoms with Crippen molar-refractivity contribution < 1.29 is 47.7 Å². The molecule has 0 aliphatic carbocycles. The molecule has 0 radical (unpaired) electrons. The van der Waals surface area contributed by atoms with Crippen LogP contribution in [0, 0.1) is 0 Å². The summed E-state index contributed by atoms with van der Waals surface area (Å²) in [4.78, 5) is 76.1. The lowest BCUT2D eigenvalue weighted by atomic mass is 10.1. The van der Waals surface area contributed by atoms with E-state index < -0.39 is 47.0 Å².